The van der Waals surface area contributed by atoms with Gasteiger partial charge in [-0.1, -0.05) is 43.3 Å². The Bertz CT molecular complexity index is 710. The Morgan fingerprint density at radius 3 is 2.42 bits per heavy atom. The van der Waals surface area contributed by atoms with E-state index in [2.05, 4.69) is 5.32 Å². The van der Waals surface area contributed by atoms with Gasteiger partial charge in [-0.15, -0.1) is 0 Å². The van der Waals surface area contributed by atoms with Gasteiger partial charge in [-0.2, -0.15) is 0 Å². The molecule has 126 valence electrons. The number of hydrogen-bond donors (Lipinski definition) is 1. The smallest absolute Gasteiger partial charge is 0.306 e. The lowest BCUT2D eigenvalue weighted by Crippen LogP contribution is -2.21. The zero-order valence-corrected chi connectivity index (χ0v) is 14.3. The first kappa shape index (κ1) is 17.7. The van der Waals surface area contributed by atoms with Crippen molar-refractivity contribution in [3.63, 3.8) is 0 Å². The topological polar surface area (TPSA) is 55.4 Å². The quantitative estimate of drug-likeness (QED) is 0.817. The largest absolute Gasteiger partial charge is 0.456 e. The van der Waals surface area contributed by atoms with E-state index in [9.17, 15) is 9.59 Å². The third-order valence-electron chi connectivity index (χ3n) is 4.00. The molecule has 0 aliphatic rings. The highest BCUT2D eigenvalue weighted by Gasteiger charge is 2.13. The first-order valence-corrected chi connectivity index (χ1v) is 8.03. The number of benzene rings is 2. The Labute approximate surface area is 142 Å². The number of amides is 1. The van der Waals surface area contributed by atoms with Crippen LogP contribution in [0.15, 0.2) is 48.5 Å². The third-order valence-corrected chi connectivity index (χ3v) is 4.00. The number of rotatable bonds is 6. The highest BCUT2D eigenvalue weighted by atomic mass is 16.5. The molecule has 2 aromatic rings. The van der Waals surface area contributed by atoms with E-state index in [1.165, 1.54) is 0 Å². The molecule has 0 aromatic heterocycles. The van der Waals surface area contributed by atoms with E-state index in [0.717, 1.165) is 16.7 Å². The standard InChI is InChI=1S/C20H23NO3/c1-14-9-10-18(11-15(14)2)21-19(22)13-24-20(23)12-16(3)17-7-5-4-6-8-17/h4-11,16H,12-13H2,1-3H3,(H,21,22)/t16-/m0/s1. The van der Waals surface area contributed by atoms with E-state index in [1.54, 1.807) is 0 Å². The Morgan fingerprint density at radius 1 is 1.04 bits per heavy atom. The summed E-state index contributed by atoms with van der Waals surface area (Å²) in [5.74, 6) is -0.651. The lowest BCUT2D eigenvalue weighted by Gasteiger charge is -2.12. The van der Waals surface area contributed by atoms with E-state index >= 15 is 0 Å². The van der Waals surface area contributed by atoms with Crippen molar-refractivity contribution in [3.05, 3.63) is 65.2 Å². The molecule has 0 heterocycles. The molecule has 24 heavy (non-hydrogen) atoms. The van der Waals surface area contributed by atoms with E-state index < -0.39 is 0 Å². The van der Waals surface area contributed by atoms with Gasteiger partial charge in [0.2, 0.25) is 0 Å². The fraction of sp³-hybridized carbons (Fsp3) is 0.300. The molecule has 0 fully saturated rings. The summed E-state index contributed by atoms with van der Waals surface area (Å²) < 4.78 is 5.07. The van der Waals surface area contributed by atoms with Crippen LogP contribution in [0.3, 0.4) is 0 Å². The van der Waals surface area contributed by atoms with Gasteiger partial charge in [0.15, 0.2) is 6.61 Å². The van der Waals surface area contributed by atoms with Gasteiger partial charge in [0, 0.05) is 5.69 Å². The van der Waals surface area contributed by atoms with Crippen LogP contribution >= 0.6 is 0 Å². The maximum absolute atomic E-state index is 11.9. The van der Waals surface area contributed by atoms with E-state index in [1.807, 2.05) is 69.3 Å². The predicted molar refractivity (Wildman–Crippen MR) is 95.0 cm³/mol. The van der Waals surface area contributed by atoms with Crippen LogP contribution in [0.1, 0.15) is 36.0 Å². The molecule has 1 atom stereocenters. The van der Waals surface area contributed by atoms with Crippen molar-refractivity contribution >= 4 is 17.6 Å². The summed E-state index contributed by atoms with van der Waals surface area (Å²) in [6, 6.07) is 15.4. The number of nitrogens with one attached hydrogen (secondary N) is 1. The van der Waals surface area contributed by atoms with Crippen LogP contribution in [0.5, 0.6) is 0 Å². The molecule has 0 saturated heterocycles. The third kappa shape index (κ3) is 5.23. The Kier molecular flexibility index (Phi) is 6.13. The lowest BCUT2D eigenvalue weighted by atomic mass is 9.98. The van der Waals surface area contributed by atoms with Gasteiger partial charge in [-0.3, -0.25) is 9.59 Å². The van der Waals surface area contributed by atoms with Gasteiger partial charge in [0.05, 0.1) is 6.42 Å². The molecular formula is C20H23NO3. The maximum Gasteiger partial charge on any atom is 0.306 e. The number of anilines is 1. The number of hydrogen-bond acceptors (Lipinski definition) is 3. The summed E-state index contributed by atoms with van der Waals surface area (Å²) in [4.78, 5) is 23.8. The molecule has 0 saturated carbocycles. The van der Waals surface area contributed by atoms with Crippen molar-refractivity contribution in [2.75, 3.05) is 11.9 Å². The minimum atomic E-state index is -0.374. The van der Waals surface area contributed by atoms with Crippen LogP contribution in [0.25, 0.3) is 0 Å². The van der Waals surface area contributed by atoms with Crippen molar-refractivity contribution in [3.8, 4) is 0 Å². The zero-order chi connectivity index (χ0) is 17.5. The van der Waals surface area contributed by atoms with Crippen LogP contribution in [0.2, 0.25) is 0 Å². The number of esters is 1. The van der Waals surface area contributed by atoms with E-state index in [0.29, 0.717) is 5.69 Å². The molecule has 2 rings (SSSR count). The Morgan fingerprint density at radius 2 is 1.75 bits per heavy atom. The lowest BCUT2D eigenvalue weighted by molar-refractivity contribution is -0.147. The first-order chi connectivity index (χ1) is 11.5. The summed E-state index contributed by atoms with van der Waals surface area (Å²) in [5.41, 5.74) is 4.04. The maximum atomic E-state index is 11.9. The van der Waals surface area contributed by atoms with Crippen LogP contribution < -0.4 is 5.32 Å². The van der Waals surface area contributed by atoms with Gasteiger partial charge in [0.1, 0.15) is 0 Å². The average Bonchev–Trinajstić information content (AvgIpc) is 2.57. The molecule has 1 amide bonds. The predicted octanol–water partition coefficient (Wildman–Crippen LogP) is 3.98. The molecule has 0 aliphatic carbocycles. The van der Waals surface area contributed by atoms with Crippen LogP contribution in [0.4, 0.5) is 5.69 Å². The summed E-state index contributed by atoms with van der Waals surface area (Å²) in [6.07, 6.45) is 0.251. The van der Waals surface area contributed by atoms with Gasteiger partial charge in [-0.25, -0.2) is 0 Å². The molecule has 0 unspecified atom stereocenters. The second-order valence-electron chi connectivity index (χ2n) is 6.02. The summed E-state index contributed by atoms with van der Waals surface area (Å²) >= 11 is 0. The van der Waals surface area contributed by atoms with Crippen molar-refractivity contribution in [2.24, 2.45) is 0 Å². The first-order valence-electron chi connectivity index (χ1n) is 8.03. The summed E-state index contributed by atoms with van der Waals surface area (Å²) in [6.45, 7) is 5.69. The fourth-order valence-corrected chi connectivity index (χ4v) is 2.37. The second-order valence-corrected chi connectivity index (χ2v) is 6.02. The molecule has 0 radical (unpaired) electrons. The molecule has 0 spiro atoms. The Balaban J connectivity index is 1.78. The Hall–Kier alpha value is -2.62. The monoisotopic (exact) mass is 325 g/mol. The highest BCUT2D eigenvalue weighted by molar-refractivity contribution is 5.92. The fourth-order valence-electron chi connectivity index (χ4n) is 2.37. The molecule has 0 bridgehead atoms. The second kappa shape index (κ2) is 8.29. The molecule has 1 N–H and O–H groups in total. The number of ether oxygens (including phenoxy) is 1. The van der Waals surface area contributed by atoms with Crippen molar-refractivity contribution in [1.29, 1.82) is 0 Å². The van der Waals surface area contributed by atoms with Gasteiger partial charge >= 0.3 is 5.97 Å². The molecule has 0 aliphatic heterocycles. The zero-order valence-electron chi connectivity index (χ0n) is 14.3. The van der Waals surface area contributed by atoms with E-state index in [4.69, 9.17) is 4.74 Å². The van der Waals surface area contributed by atoms with Crippen LogP contribution in [-0.4, -0.2) is 18.5 Å². The van der Waals surface area contributed by atoms with Crippen molar-refractivity contribution < 1.29 is 14.3 Å². The van der Waals surface area contributed by atoms with Crippen molar-refractivity contribution in [2.45, 2.75) is 33.1 Å². The number of aryl methyl sites for hydroxylation is 2. The number of carbonyl (C=O) groups excluding carboxylic acids is 2. The minimum Gasteiger partial charge on any atom is -0.456 e. The average molecular weight is 325 g/mol. The number of carbonyl (C=O) groups is 2. The van der Waals surface area contributed by atoms with Gasteiger partial charge in [-0.05, 0) is 48.6 Å². The highest BCUT2D eigenvalue weighted by Crippen LogP contribution is 2.19. The van der Waals surface area contributed by atoms with Gasteiger partial charge in [0.25, 0.3) is 5.91 Å². The van der Waals surface area contributed by atoms with Crippen LogP contribution in [-0.2, 0) is 14.3 Å². The summed E-state index contributed by atoms with van der Waals surface area (Å²) in [7, 11) is 0. The summed E-state index contributed by atoms with van der Waals surface area (Å²) in [5, 5.41) is 2.73. The molecular weight excluding hydrogens is 302 g/mol. The molecule has 4 nitrogen and oxygen atoms in total. The molecule has 2 aromatic carbocycles. The minimum absolute atomic E-state index is 0.0570. The normalized spacial score (nSPS) is 11.6. The molecule has 4 heteroatoms. The van der Waals surface area contributed by atoms with Gasteiger partial charge < -0.3 is 10.1 Å². The van der Waals surface area contributed by atoms with Crippen molar-refractivity contribution in [1.82, 2.24) is 0 Å². The van der Waals surface area contributed by atoms with E-state index in [-0.39, 0.29) is 30.8 Å². The SMILES string of the molecule is Cc1ccc(NC(=O)COC(=O)C[C@H](C)c2ccccc2)cc1C. The van der Waals surface area contributed by atoms with Crippen LogP contribution in [0, 0.1) is 13.8 Å².